The fraction of sp³-hybridized carbons (Fsp3) is 0.800. The van der Waals surface area contributed by atoms with Crippen molar-refractivity contribution >= 4 is 15.9 Å². The minimum absolute atomic E-state index is 0.637. The van der Waals surface area contributed by atoms with Gasteiger partial charge in [0.05, 0.1) is 15.9 Å². The first-order valence-electron chi connectivity index (χ1n) is 7.75. The smallest absolute Gasteiger partial charge is 0.0739 e. The third kappa shape index (κ3) is 2.81. The molecule has 0 radical (unpaired) electrons. The van der Waals surface area contributed by atoms with Crippen LogP contribution in [0.3, 0.4) is 0 Å². The molecule has 2 heterocycles. The van der Waals surface area contributed by atoms with Crippen LogP contribution in [-0.4, -0.2) is 39.9 Å². The van der Waals surface area contributed by atoms with E-state index in [1.54, 1.807) is 0 Å². The average molecular weight is 341 g/mol. The quantitative estimate of drug-likeness (QED) is 0.913. The lowest BCUT2D eigenvalue weighted by atomic mass is 10.0. The molecule has 0 bridgehead atoms. The molecule has 1 saturated heterocycles. The lowest BCUT2D eigenvalue weighted by molar-refractivity contribution is 0.103. The SMILES string of the molecule is CCC1CN(Cc2c(Br)c(C)nn2C)C(C2CC2)CN1. The minimum atomic E-state index is 0.637. The highest BCUT2D eigenvalue weighted by atomic mass is 79.9. The van der Waals surface area contributed by atoms with E-state index >= 15 is 0 Å². The summed E-state index contributed by atoms with van der Waals surface area (Å²) >= 11 is 3.71. The van der Waals surface area contributed by atoms with Crippen LogP contribution in [0.4, 0.5) is 0 Å². The molecule has 20 heavy (non-hydrogen) atoms. The van der Waals surface area contributed by atoms with Crippen molar-refractivity contribution in [3.63, 3.8) is 0 Å². The van der Waals surface area contributed by atoms with Crippen LogP contribution in [0.25, 0.3) is 0 Å². The van der Waals surface area contributed by atoms with E-state index in [0.29, 0.717) is 12.1 Å². The second-order valence-electron chi connectivity index (χ2n) is 6.32. The summed E-state index contributed by atoms with van der Waals surface area (Å²) in [5, 5.41) is 8.24. The molecule has 1 aromatic heterocycles. The highest BCUT2D eigenvalue weighted by molar-refractivity contribution is 9.10. The summed E-state index contributed by atoms with van der Waals surface area (Å²) in [6, 6.07) is 1.35. The molecule has 2 atom stereocenters. The summed E-state index contributed by atoms with van der Waals surface area (Å²) in [6.07, 6.45) is 4.02. The van der Waals surface area contributed by atoms with Gasteiger partial charge in [-0.05, 0) is 48.0 Å². The Hall–Kier alpha value is -0.390. The summed E-state index contributed by atoms with van der Waals surface area (Å²) in [7, 11) is 2.05. The van der Waals surface area contributed by atoms with Gasteiger partial charge in [-0.3, -0.25) is 9.58 Å². The van der Waals surface area contributed by atoms with Crippen molar-refractivity contribution in [2.45, 2.75) is 51.7 Å². The lowest BCUT2D eigenvalue weighted by Gasteiger charge is -2.40. The third-order valence-corrected chi connectivity index (χ3v) is 5.84. The maximum atomic E-state index is 4.53. The fourth-order valence-electron chi connectivity index (χ4n) is 3.34. The van der Waals surface area contributed by atoms with Crippen molar-refractivity contribution in [3.05, 3.63) is 15.9 Å². The predicted molar refractivity (Wildman–Crippen MR) is 84.6 cm³/mol. The molecule has 0 spiro atoms. The summed E-state index contributed by atoms with van der Waals surface area (Å²) in [5.41, 5.74) is 2.40. The van der Waals surface area contributed by atoms with Crippen LogP contribution < -0.4 is 5.32 Å². The summed E-state index contributed by atoms with van der Waals surface area (Å²) in [5.74, 6) is 0.911. The van der Waals surface area contributed by atoms with Crippen LogP contribution in [0.15, 0.2) is 4.47 Å². The number of nitrogens with one attached hydrogen (secondary N) is 1. The molecule has 1 saturated carbocycles. The maximum absolute atomic E-state index is 4.53. The van der Waals surface area contributed by atoms with Gasteiger partial charge in [0.15, 0.2) is 0 Å². The number of rotatable bonds is 4. The van der Waals surface area contributed by atoms with E-state index in [4.69, 9.17) is 0 Å². The number of hydrogen-bond acceptors (Lipinski definition) is 3. The van der Waals surface area contributed by atoms with Crippen LogP contribution in [-0.2, 0) is 13.6 Å². The molecule has 0 aromatic carbocycles. The van der Waals surface area contributed by atoms with Gasteiger partial charge in [-0.15, -0.1) is 0 Å². The molecule has 1 aliphatic heterocycles. The Kier molecular flexibility index (Phi) is 4.20. The van der Waals surface area contributed by atoms with E-state index in [9.17, 15) is 0 Å². The molecule has 1 aliphatic carbocycles. The Morgan fingerprint density at radius 2 is 2.15 bits per heavy atom. The van der Waals surface area contributed by atoms with E-state index in [2.05, 4.69) is 52.1 Å². The Labute approximate surface area is 130 Å². The number of halogens is 1. The second kappa shape index (κ2) is 5.78. The van der Waals surface area contributed by atoms with Crippen LogP contribution >= 0.6 is 15.9 Å². The van der Waals surface area contributed by atoms with Gasteiger partial charge in [0.2, 0.25) is 0 Å². The predicted octanol–water partition coefficient (Wildman–Crippen LogP) is 2.45. The van der Waals surface area contributed by atoms with Crippen molar-refractivity contribution in [1.29, 1.82) is 0 Å². The molecule has 0 amide bonds. The highest BCUT2D eigenvalue weighted by Gasteiger charge is 2.38. The van der Waals surface area contributed by atoms with Gasteiger partial charge in [0.1, 0.15) is 0 Å². The van der Waals surface area contributed by atoms with E-state index < -0.39 is 0 Å². The van der Waals surface area contributed by atoms with Crippen LogP contribution in [0.2, 0.25) is 0 Å². The normalized spacial score (nSPS) is 28.0. The van der Waals surface area contributed by atoms with E-state index in [-0.39, 0.29) is 0 Å². The van der Waals surface area contributed by atoms with E-state index in [1.807, 2.05) is 4.68 Å². The van der Waals surface area contributed by atoms with Crippen LogP contribution in [0.5, 0.6) is 0 Å². The maximum Gasteiger partial charge on any atom is 0.0739 e. The van der Waals surface area contributed by atoms with Crippen molar-refractivity contribution < 1.29 is 0 Å². The first kappa shape index (κ1) is 14.5. The van der Waals surface area contributed by atoms with E-state index in [1.165, 1.54) is 29.4 Å². The molecule has 3 rings (SSSR count). The highest BCUT2D eigenvalue weighted by Crippen LogP contribution is 2.37. The summed E-state index contributed by atoms with van der Waals surface area (Å²) in [4.78, 5) is 2.68. The Morgan fingerprint density at radius 3 is 2.70 bits per heavy atom. The zero-order valence-corrected chi connectivity index (χ0v) is 14.3. The zero-order valence-electron chi connectivity index (χ0n) is 12.7. The van der Waals surface area contributed by atoms with Gasteiger partial charge >= 0.3 is 0 Å². The van der Waals surface area contributed by atoms with E-state index in [0.717, 1.165) is 31.2 Å². The van der Waals surface area contributed by atoms with Crippen molar-refractivity contribution in [3.8, 4) is 0 Å². The molecular formula is C15H25BrN4. The van der Waals surface area contributed by atoms with Gasteiger partial charge in [0, 0.05) is 38.8 Å². The molecule has 1 aromatic rings. The topological polar surface area (TPSA) is 33.1 Å². The fourth-order valence-corrected chi connectivity index (χ4v) is 3.81. The zero-order chi connectivity index (χ0) is 14.3. The number of nitrogens with zero attached hydrogens (tertiary/aromatic N) is 3. The molecule has 112 valence electrons. The average Bonchev–Trinajstić information content (AvgIpc) is 3.24. The summed E-state index contributed by atoms with van der Waals surface area (Å²) in [6.45, 7) is 7.67. The number of aryl methyl sites for hydroxylation is 2. The minimum Gasteiger partial charge on any atom is -0.311 e. The first-order chi connectivity index (χ1) is 9.60. The standard InChI is InChI=1S/C15H25BrN4/c1-4-12-8-20(13(7-17-12)11-5-6-11)9-14-15(16)10(2)18-19(14)3/h11-13,17H,4-9H2,1-3H3. The first-order valence-corrected chi connectivity index (χ1v) is 8.54. The lowest BCUT2D eigenvalue weighted by Crippen LogP contribution is -2.56. The van der Waals surface area contributed by atoms with Gasteiger partial charge in [-0.1, -0.05) is 6.92 Å². The van der Waals surface area contributed by atoms with Gasteiger partial charge < -0.3 is 5.32 Å². The van der Waals surface area contributed by atoms with Gasteiger partial charge in [-0.25, -0.2) is 0 Å². The van der Waals surface area contributed by atoms with Crippen molar-refractivity contribution in [2.24, 2.45) is 13.0 Å². The molecular weight excluding hydrogens is 316 g/mol. The Bertz CT molecular complexity index is 480. The monoisotopic (exact) mass is 340 g/mol. The van der Waals surface area contributed by atoms with Crippen LogP contribution in [0, 0.1) is 12.8 Å². The van der Waals surface area contributed by atoms with Gasteiger partial charge in [0.25, 0.3) is 0 Å². The number of piperazine rings is 1. The molecule has 1 N–H and O–H groups in total. The molecule has 2 fully saturated rings. The second-order valence-corrected chi connectivity index (χ2v) is 7.11. The Morgan fingerprint density at radius 1 is 1.40 bits per heavy atom. The number of aromatic nitrogens is 2. The number of hydrogen-bond donors (Lipinski definition) is 1. The van der Waals surface area contributed by atoms with Crippen molar-refractivity contribution in [1.82, 2.24) is 20.0 Å². The molecule has 4 nitrogen and oxygen atoms in total. The Balaban J connectivity index is 1.78. The summed E-state index contributed by atoms with van der Waals surface area (Å²) < 4.78 is 3.22. The molecule has 5 heteroatoms. The largest absolute Gasteiger partial charge is 0.311 e. The van der Waals surface area contributed by atoms with Crippen molar-refractivity contribution in [2.75, 3.05) is 13.1 Å². The van der Waals surface area contributed by atoms with Crippen LogP contribution in [0.1, 0.15) is 37.6 Å². The van der Waals surface area contributed by atoms with Gasteiger partial charge in [-0.2, -0.15) is 5.10 Å². The molecule has 2 aliphatic rings. The molecule has 2 unspecified atom stereocenters. The third-order valence-electron chi connectivity index (χ3n) is 4.81.